The molecule has 1 saturated carbocycles. The first-order chi connectivity index (χ1) is 15.1. The van der Waals surface area contributed by atoms with Gasteiger partial charge in [0.1, 0.15) is 5.01 Å². The Balaban J connectivity index is 1.38. The van der Waals surface area contributed by atoms with Crippen LogP contribution in [0.15, 0.2) is 42.1 Å². The topological polar surface area (TPSA) is 85.6 Å². The summed E-state index contributed by atoms with van der Waals surface area (Å²) in [5.74, 6) is 1.36. The molecule has 1 N–H and O–H groups in total. The van der Waals surface area contributed by atoms with Crippen molar-refractivity contribution >= 4 is 34.1 Å². The average Bonchev–Trinajstić information content (AvgIpc) is 3.41. The smallest absolute Gasteiger partial charge is 0.236 e. The van der Waals surface area contributed by atoms with Crippen molar-refractivity contribution < 1.29 is 4.79 Å². The molecular formula is C22H26N6OS2. The molecule has 162 valence electrons. The molecule has 7 nitrogen and oxygen atoms in total. The highest BCUT2D eigenvalue weighted by Crippen LogP contribution is 2.35. The summed E-state index contributed by atoms with van der Waals surface area (Å²) in [6, 6.07) is 8.15. The molecule has 3 aromatic rings. The molecule has 2 heterocycles. The molecule has 0 bridgehead atoms. The van der Waals surface area contributed by atoms with E-state index in [0.29, 0.717) is 22.8 Å². The molecule has 2 aromatic heterocycles. The van der Waals surface area contributed by atoms with Gasteiger partial charge in [0.25, 0.3) is 0 Å². The lowest BCUT2D eigenvalue weighted by Crippen LogP contribution is -2.14. The fourth-order valence-electron chi connectivity index (χ4n) is 3.69. The number of carbonyl (C=O) groups excluding carboxylic acids is 1. The number of hydrogen-bond acceptors (Lipinski definition) is 7. The van der Waals surface area contributed by atoms with Crippen molar-refractivity contribution in [3.8, 4) is 11.4 Å². The molecule has 1 fully saturated rings. The van der Waals surface area contributed by atoms with Gasteiger partial charge in [-0.25, -0.2) is 0 Å². The third-order valence-corrected chi connectivity index (χ3v) is 7.28. The lowest BCUT2D eigenvalue weighted by atomic mass is 9.90. The second kappa shape index (κ2) is 10.2. The Morgan fingerprint density at radius 1 is 1.19 bits per heavy atom. The highest BCUT2D eigenvalue weighted by atomic mass is 32.2. The molecule has 0 saturated heterocycles. The van der Waals surface area contributed by atoms with Crippen LogP contribution in [0.5, 0.6) is 0 Å². The van der Waals surface area contributed by atoms with Gasteiger partial charge in [-0.15, -0.1) is 27.0 Å². The van der Waals surface area contributed by atoms with E-state index in [2.05, 4.69) is 32.3 Å². The number of rotatable bonds is 8. The monoisotopic (exact) mass is 454 g/mol. The Kier molecular flexibility index (Phi) is 7.14. The van der Waals surface area contributed by atoms with E-state index in [4.69, 9.17) is 0 Å². The Labute approximate surface area is 190 Å². The standard InChI is InChI=1S/C22H26N6OS2/c1-3-13-28-19(16-11-9-15(2)10-12-16)24-27-22(28)30-14-18(29)23-21-26-25-20(31-21)17-7-5-4-6-8-17/h3,9-12,17H,1,4-8,13-14H2,2H3,(H,23,26,29). The Hall–Kier alpha value is -2.52. The van der Waals surface area contributed by atoms with Gasteiger partial charge in [-0.05, 0) is 19.8 Å². The summed E-state index contributed by atoms with van der Waals surface area (Å²) in [6.45, 7) is 6.46. The van der Waals surface area contributed by atoms with Crippen molar-refractivity contribution in [2.24, 2.45) is 0 Å². The van der Waals surface area contributed by atoms with Gasteiger partial charge in [0.15, 0.2) is 11.0 Å². The van der Waals surface area contributed by atoms with Crippen LogP contribution in [-0.2, 0) is 11.3 Å². The van der Waals surface area contributed by atoms with Crippen LogP contribution in [0.3, 0.4) is 0 Å². The third-order valence-electron chi connectivity index (χ3n) is 5.31. The SMILES string of the molecule is C=CCn1c(SCC(=O)Nc2nnc(C3CCCCC3)s2)nnc1-c1ccc(C)cc1. The predicted octanol–water partition coefficient (Wildman–Crippen LogP) is 5.07. The van der Waals surface area contributed by atoms with Crippen molar-refractivity contribution in [2.75, 3.05) is 11.1 Å². The molecule has 31 heavy (non-hydrogen) atoms. The number of hydrogen-bond donors (Lipinski definition) is 1. The average molecular weight is 455 g/mol. The highest BCUT2D eigenvalue weighted by molar-refractivity contribution is 7.99. The zero-order valence-corrected chi connectivity index (χ0v) is 19.2. The minimum atomic E-state index is -0.124. The number of aryl methyl sites for hydroxylation is 1. The molecule has 9 heteroatoms. The first kappa shape index (κ1) is 21.7. The summed E-state index contributed by atoms with van der Waals surface area (Å²) in [5, 5.41) is 22.3. The quantitative estimate of drug-likeness (QED) is 0.378. The largest absolute Gasteiger partial charge is 0.300 e. The molecule has 0 unspecified atom stereocenters. The minimum Gasteiger partial charge on any atom is -0.300 e. The van der Waals surface area contributed by atoms with Crippen molar-refractivity contribution in [3.05, 3.63) is 47.5 Å². The van der Waals surface area contributed by atoms with E-state index < -0.39 is 0 Å². The number of aromatic nitrogens is 5. The number of thioether (sulfide) groups is 1. The fourth-order valence-corrected chi connectivity index (χ4v) is 5.37. The van der Waals surface area contributed by atoms with Crippen LogP contribution in [-0.4, -0.2) is 36.6 Å². The van der Waals surface area contributed by atoms with Gasteiger partial charge in [0.05, 0.1) is 5.75 Å². The number of nitrogens with zero attached hydrogens (tertiary/aromatic N) is 5. The molecule has 1 aliphatic carbocycles. The van der Waals surface area contributed by atoms with Gasteiger partial charge in [0, 0.05) is 18.0 Å². The summed E-state index contributed by atoms with van der Waals surface area (Å²) in [5.41, 5.74) is 2.17. The van der Waals surface area contributed by atoms with E-state index in [-0.39, 0.29) is 11.7 Å². The number of benzene rings is 1. The van der Waals surface area contributed by atoms with E-state index in [9.17, 15) is 4.79 Å². The summed E-state index contributed by atoms with van der Waals surface area (Å²) >= 11 is 2.85. The van der Waals surface area contributed by atoms with E-state index in [1.54, 1.807) is 6.08 Å². The lowest BCUT2D eigenvalue weighted by Gasteiger charge is -2.18. The minimum absolute atomic E-state index is 0.124. The fraction of sp³-hybridized carbons (Fsp3) is 0.409. The molecule has 0 atom stereocenters. The van der Waals surface area contributed by atoms with Crippen LogP contribution in [0.4, 0.5) is 5.13 Å². The number of amides is 1. The van der Waals surface area contributed by atoms with Crippen molar-refractivity contribution in [1.29, 1.82) is 0 Å². The third kappa shape index (κ3) is 5.40. The Bertz CT molecular complexity index is 1040. The van der Waals surface area contributed by atoms with Crippen LogP contribution in [0.25, 0.3) is 11.4 Å². The van der Waals surface area contributed by atoms with Gasteiger partial charge in [-0.3, -0.25) is 14.7 Å². The van der Waals surface area contributed by atoms with Crippen LogP contribution in [0, 0.1) is 6.92 Å². The zero-order chi connectivity index (χ0) is 21.6. The van der Waals surface area contributed by atoms with E-state index in [1.165, 1.54) is 60.8 Å². The number of allylic oxidation sites excluding steroid dienone is 1. The first-order valence-corrected chi connectivity index (χ1v) is 12.3. The predicted molar refractivity (Wildman–Crippen MR) is 125 cm³/mol. The van der Waals surface area contributed by atoms with Crippen molar-refractivity contribution in [3.63, 3.8) is 0 Å². The normalized spacial score (nSPS) is 14.5. The molecule has 1 aliphatic rings. The van der Waals surface area contributed by atoms with Crippen LogP contribution in [0.1, 0.15) is 48.6 Å². The Morgan fingerprint density at radius 3 is 2.71 bits per heavy atom. The summed E-state index contributed by atoms with van der Waals surface area (Å²) in [6.07, 6.45) is 7.94. The summed E-state index contributed by atoms with van der Waals surface area (Å²) < 4.78 is 1.97. The van der Waals surface area contributed by atoms with Gasteiger partial charge < -0.3 is 0 Å². The molecule has 1 aromatic carbocycles. The van der Waals surface area contributed by atoms with Crippen LogP contribution < -0.4 is 5.32 Å². The maximum atomic E-state index is 12.5. The van der Waals surface area contributed by atoms with Crippen LogP contribution >= 0.6 is 23.1 Å². The molecule has 0 aliphatic heterocycles. The van der Waals surface area contributed by atoms with Crippen molar-refractivity contribution in [1.82, 2.24) is 25.0 Å². The van der Waals surface area contributed by atoms with E-state index in [0.717, 1.165) is 16.4 Å². The number of nitrogens with one attached hydrogen (secondary N) is 1. The van der Waals surface area contributed by atoms with Gasteiger partial charge in [-0.2, -0.15) is 0 Å². The van der Waals surface area contributed by atoms with Crippen molar-refractivity contribution in [2.45, 2.75) is 56.6 Å². The maximum Gasteiger partial charge on any atom is 0.236 e. The lowest BCUT2D eigenvalue weighted by molar-refractivity contribution is -0.113. The molecule has 0 radical (unpaired) electrons. The second-order valence-electron chi connectivity index (χ2n) is 7.69. The molecule has 1 amide bonds. The zero-order valence-electron chi connectivity index (χ0n) is 17.6. The second-order valence-corrected chi connectivity index (χ2v) is 9.64. The molecule has 0 spiro atoms. The summed E-state index contributed by atoms with van der Waals surface area (Å²) in [7, 11) is 0. The van der Waals surface area contributed by atoms with Crippen LogP contribution in [0.2, 0.25) is 0 Å². The highest BCUT2D eigenvalue weighted by Gasteiger charge is 2.20. The number of anilines is 1. The Morgan fingerprint density at radius 2 is 1.97 bits per heavy atom. The molecular weight excluding hydrogens is 428 g/mol. The van der Waals surface area contributed by atoms with Gasteiger partial charge >= 0.3 is 0 Å². The van der Waals surface area contributed by atoms with E-state index in [1.807, 2.05) is 35.8 Å². The number of carbonyl (C=O) groups is 1. The molecule has 4 rings (SSSR count). The van der Waals surface area contributed by atoms with E-state index >= 15 is 0 Å². The summed E-state index contributed by atoms with van der Waals surface area (Å²) in [4.78, 5) is 12.5. The van der Waals surface area contributed by atoms with Gasteiger partial charge in [0.2, 0.25) is 11.0 Å². The van der Waals surface area contributed by atoms with Gasteiger partial charge in [-0.1, -0.05) is 78.3 Å². The first-order valence-electron chi connectivity index (χ1n) is 10.5. The maximum absolute atomic E-state index is 12.5.